The van der Waals surface area contributed by atoms with Crippen LogP contribution in [0.15, 0.2) is 63.9 Å². The number of carbonyl (C=O) groups is 3. The highest BCUT2D eigenvalue weighted by Crippen LogP contribution is 2.36. The van der Waals surface area contributed by atoms with E-state index in [2.05, 4.69) is 5.32 Å². The average molecular weight is 497 g/mol. The number of amides is 3. The van der Waals surface area contributed by atoms with Crippen LogP contribution in [0.2, 0.25) is 0 Å². The number of ether oxygens (including phenoxy) is 1. The van der Waals surface area contributed by atoms with E-state index in [0.29, 0.717) is 23.1 Å². The van der Waals surface area contributed by atoms with Crippen LogP contribution in [-0.4, -0.2) is 40.5 Å². The van der Waals surface area contributed by atoms with Gasteiger partial charge in [0.2, 0.25) is 5.91 Å². The fourth-order valence-electron chi connectivity index (χ4n) is 3.24. The first-order valence-electron chi connectivity index (χ1n) is 9.99. The molecule has 0 radical (unpaired) electrons. The number of para-hydroxylation sites is 1. The van der Waals surface area contributed by atoms with Crippen LogP contribution < -0.4 is 10.1 Å². The zero-order chi connectivity index (χ0) is 25.1. The number of carbonyl (C=O) groups excluding carboxylic acids is 3. The second kappa shape index (κ2) is 9.81. The standard InChI is InChI=1S/C23H16FN3O7S/c1-33-18-8-6-13(27(31)32)10-15(18)19-9-7-14(34-19)11-20-22(29)26(23(30)35-20)12-21(28)25-17-5-3-2-4-16(17)24/h2-11H,12H2,1H3,(H,25,28)/b20-11-. The number of non-ortho nitro benzene ring substituents is 1. The molecule has 12 heteroatoms. The lowest BCUT2D eigenvalue weighted by atomic mass is 10.1. The number of hydrogen-bond acceptors (Lipinski definition) is 8. The summed E-state index contributed by atoms with van der Waals surface area (Å²) < 4.78 is 24.7. The van der Waals surface area contributed by atoms with Crippen molar-refractivity contribution < 1.29 is 32.9 Å². The fraction of sp³-hybridized carbons (Fsp3) is 0.0870. The quantitative estimate of drug-likeness (QED) is 0.283. The number of nitrogens with zero attached hydrogens (tertiary/aromatic N) is 2. The van der Waals surface area contributed by atoms with Crippen molar-refractivity contribution in [3.05, 3.63) is 81.2 Å². The molecule has 1 aliphatic heterocycles. The maximum absolute atomic E-state index is 13.7. The molecule has 10 nitrogen and oxygen atoms in total. The predicted octanol–water partition coefficient (Wildman–Crippen LogP) is 4.68. The summed E-state index contributed by atoms with van der Waals surface area (Å²) in [4.78, 5) is 48.6. The lowest BCUT2D eigenvalue weighted by Crippen LogP contribution is -2.36. The smallest absolute Gasteiger partial charge is 0.294 e. The number of furan rings is 1. The first-order valence-corrected chi connectivity index (χ1v) is 10.8. The number of rotatable bonds is 7. The van der Waals surface area contributed by atoms with Crippen molar-refractivity contribution in [1.82, 2.24) is 4.90 Å². The van der Waals surface area contributed by atoms with Gasteiger partial charge in [-0.15, -0.1) is 0 Å². The van der Waals surface area contributed by atoms with Gasteiger partial charge in [-0.3, -0.25) is 29.4 Å². The summed E-state index contributed by atoms with van der Waals surface area (Å²) in [5, 5.41) is 12.8. The molecule has 4 rings (SSSR count). The molecule has 2 heterocycles. The van der Waals surface area contributed by atoms with Crippen molar-refractivity contribution in [2.24, 2.45) is 0 Å². The molecule has 0 saturated carbocycles. The Morgan fingerprint density at radius 2 is 2.00 bits per heavy atom. The molecular formula is C23H16FN3O7S. The minimum absolute atomic E-state index is 0.0144. The fourth-order valence-corrected chi connectivity index (χ4v) is 4.06. The van der Waals surface area contributed by atoms with Crippen molar-refractivity contribution in [2.75, 3.05) is 19.0 Å². The van der Waals surface area contributed by atoms with Crippen molar-refractivity contribution in [3.8, 4) is 17.1 Å². The molecule has 0 bridgehead atoms. The first kappa shape index (κ1) is 23.7. The van der Waals surface area contributed by atoms with E-state index in [1.54, 1.807) is 6.07 Å². The molecule has 2 aromatic carbocycles. The Kier molecular flexibility index (Phi) is 6.64. The zero-order valence-electron chi connectivity index (χ0n) is 18.0. The van der Waals surface area contributed by atoms with Crippen LogP contribution in [0.4, 0.5) is 20.6 Å². The molecule has 1 N–H and O–H groups in total. The number of methoxy groups -OCH3 is 1. The van der Waals surface area contributed by atoms with Crippen LogP contribution in [0.5, 0.6) is 5.75 Å². The van der Waals surface area contributed by atoms with Gasteiger partial charge in [0.1, 0.15) is 29.6 Å². The number of hydrogen-bond donors (Lipinski definition) is 1. The van der Waals surface area contributed by atoms with E-state index in [9.17, 15) is 28.9 Å². The summed E-state index contributed by atoms with van der Waals surface area (Å²) in [5.41, 5.74) is 0.104. The maximum Gasteiger partial charge on any atom is 0.294 e. The van der Waals surface area contributed by atoms with Crippen LogP contribution in [0.1, 0.15) is 5.76 Å². The predicted molar refractivity (Wildman–Crippen MR) is 125 cm³/mol. The highest BCUT2D eigenvalue weighted by Gasteiger charge is 2.36. The van der Waals surface area contributed by atoms with Crippen molar-refractivity contribution >= 4 is 46.3 Å². The zero-order valence-corrected chi connectivity index (χ0v) is 18.8. The number of imide groups is 1. The summed E-state index contributed by atoms with van der Waals surface area (Å²) in [6, 6.07) is 12.6. The van der Waals surface area contributed by atoms with Crippen LogP contribution >= 0.6 is 11.8 Å². The second-order valence-electron chi connectivity index (χ2n) is 7.14. The molecule has 35 heavy (non-hydrogen) atoms. The van der Waals surface area contributed by atoms with Crippen LogP contribution in [-0.2, 0) is 9.59 Å². The lowest BCUT2D eigenvalue weighted by molar-refractivity contribution is -0.384. The number of nitro groups is 1. The van der Waals surface area contributed by atoms with Gasteiger partial charge >= 0.3 is 0 Å². The van der Waals surface area contributed by atoms with E-state index in [-0.39, 0.29) is 27.8 Å². The SMILES string of the molecule is COc1ccc([N+](=O)[O-])cc1-c1ccc(/C=C2\SC(=O)N(CC(=O)Nc3ccccc3F)C2=O)o1. The maximum atomic E-state index is 13.7. The summed E-state index contributed by atoms with van der Waals surface area (Å²) in [6.45, 7) is -0.593. The van der Waals surface area contributed by atoms with E-state index in [0.717, 1.165) is 4.90 Å². The van der Waals surface area contributed by atoms with Gasteiger partial charge in [0.05, 0.1) is 28.2 Å². The molecule has 1 fully saturated rings. The number of benzene rings is 2. The summed E-state index contributed by atoms with van der Waals surface area (Å²) >= 11 is 0.618. The topological polar surface area (TPSA) is 132 Å². The van der Waals surface area contributed by atoms with Crippen molar-refractivity contribution in [1.29, 1.82) is 0 Å². The molecule has 178 valence electrons. The molecule has 1 saturated heterocycles. The van der Waals surface area contributed by atoms with Crippen LogP contribution in [0.3, 0.4) is 0 Å². The monoisotopic (exact) mass is 497 g/mol. The lowest BCUT2D eigenvalue weighted by Gasteiger charge is -2.12. The molecule has 0 aliphatic carbocycles. The first-order chi connectivity index (χ1) is 16.8. The molecule has 1 aliphatic rings. The molecule has 3 aromatic rings. The largest absolute Gasteiger partial charge is 0.496 e. The Hall–Kier alpha value is -4.45. The molecule has 0 atom stereocenters. The third-order valence-electron chi connectivity index (χ3n) is 4.88. The van der Waals surface area contributed by atoms with Crippen LogP contribution in [0.25, 0.3) is 17.4 Å². The highest BCUT2D eigenvalue weighted by atomic mass is 32.2. The van der Waals surface area contributed by atoms with E-state index in [4.69, 9.17) is 9.15 Å². The third-order valence-corrected chi connectivity index (χ3v) is 5.79. The normalized spacial score (nSPS) is 14.5. The number of halogens is 1. The van der Waals surface area contributed by atoms with Gasteiger partial charge in [-0.25, -0.2) is 4.39 Å². The van der Waals surface area contributed by atoms with Gasteiger partial charge in [-0.05, 0) is 42.1 Å². The molecule has 0 spiro atoms. The van der Waals surface area contributed by atoms with Gasteiger partial charge in [-0.1, -0.05) is 12.1 Å². The van der Waals surface area contributed by atoms with Gasteiger partial charge < -0.3 is 14.5 Å². The average Bonchev–Trinajstić information content (AvgIpc) is 3.40. The number of thioether (sulfide) groups is 1. The van der Waals surface area contributed by atoms with Gasteiger partial charge in [0, 0.05) is 18.2 Å². The minimum atomic E-state index is -0.739. The number of nitro benzene ring substituents is 1. The Labute approximate surface area is 201 Å². The highest BCUT2D eigenvalue weighted by molar-refractivity contribution is 8.18. The minimum Gasteiger partial charge on any atom is -0.496 e. The summed E-state index contributed by atoms with van der Waals surface area (Å²) in [7, 11) is 1.41. The molecular weight excluding hydrogens is 481 g/mol. The molecule has 1 aromatic heterocycles. The van der Waals surface area contributed by atoms with Gasteiger partial charge in [0.15, 0.2) is 0 Å². The van der Waals surface area contributed by atoms with E-state index >= 15 is 0 Å². The number of nitrogens with one attached hydrogen (secondary N) is 1. The Balaban J connectivity index is 1.51. The Morgan fingerprint density at radius 1 is 1.23 bits per heavy atom. The van der Waals surface area contributed by atoms with Gasteiger partial charge in [-0.2, -0.15) is 0 Å². The second-order valence-corrected chi connectivity index (χ2v) is 8.13. The Bertz CT molecular complexity index is 1380. The molecule has 0 unspecified atom stereocenters. The molecule has 3 amide bonds. The van der Waals surface area contributed by atoms with Crippen LogP contribution in [0, 0.1) is 15.9 Å². The summed E-state index contributed by atoms with van der Waals surface area (Å²) in [6.07, 6.45) is 1.33. The third kappa shape index (κ3) is 5.06. The Morgan fingerprint density at radius 3 is 2.71 bits per heavy atom. The van der Waals surface area contributed by atoms with Crippen molar-refractivity contribution in [3.63, 3.8) is 0 Å². The van der Waals surface area contributed by atoms with E-state index in [1.165, 1.54) is 61.7 Å². The van der Waals surface area contributed by atoms with E-state index < -0.39 is 34.3 Å². The van der Waals surface area contributed by atoms with E-state index in [1.807, 2.05) is 0 Å². The number of anilines is 1. The van der Waals surface area contributed by atoms with Gasteiger partial charge in [0.25, 0.3) is 16.8 Å². The summed E-state index contributed by atoms with van der Waals surface area (Å²) in [5.74, 6) is -1.30. The van der Waals surface area contributed by atoms with Crippen molar-refractivity contribution in [2.45, 2.75) is 0 Å².